The van der Waals surface area contributed by atoms with E-state index in [1.807, 2.05) is 18.5 Å². The summed E-state index contributed by atoms with van der Waals surface area (Å²) in [6.07, 6.45) is 9.32. The fourth-order valence-corrected chi connectivity index (χ4v) is 6.67. The zero-order chi connectivity index (χ0) is 26.2. The van der Waals surface area contributed by atoms with Gasteiger partial charge in [-0.15, -0.1) is 0 Å². The Hall–Kier alpha value is -5.28. The van der Waals surface area contributed by atoms with Gasteiger partial charge in [0, 0.05) is 45.2 Å². The molecule has 8 aromatic rings. The van der Waals surface area contributed by atoms with Gasteiger partial charge in [-0.1, -0.05) is 78.9 Å². The maximum Gasteiger partial charge on any atom is 0.0964 e. The third kappa shape index (κ3) is 3.00. The molecule has 0 fully saturated rings. The van der Waals surface area contributed by atoms with Crippen LogP contribution in [0, 0.1) is 0 Å². The number of hydrogen-bond acceptors (Lipinski definition) is 2. The highest BCUT2D eigenvalue weighted by atomic mass is 15.0. The standard InChI is InChI=1S/C37H23N3/c1-2-12-32-30(10-1)35-31-11-4-7-24-6-3-8-26(34(24)31)21-33(35)40(32)29-17-15-23(16-18-29)28-20-27-14-13-25-9-5-19-38-36(25)37(27)39-22-28/h1-10,12-22H,11H2. The molecule has 0 N–H and O–H groups in total. The van der Waals surface area contributed by atoms with Crippen molar-refractivity contribution in [1.82, 2.24) is 14.5 Å². The first-order chi connectivity index (χ1) is 19.8. The Labute approximate surface area is 230 Å². The number of nitrogens with zero attached hydrogens (tertiary/aromatic N) is 3. The minimum atomic E-state index is 0.943. The molecule has 0 saturated heterocycles. The molecule has 0 atom stereocenters. The van der Waals surface area contributed by atoms with E-state index in [1.54, 1.807) is 0 Å². The van der Waals surface area contributed by atoms with E-state index in [0.29, 0.717) is 0 Å². The predicted molar refractivity (Wildman–Crippen MR) is 167 cm³/mol. The Kier molecular flexibility index (Phi) is 4.39. The molecule has 3 aromatic heterocycles. The zero-order valence-corrected chi connectivity index (χ0v) is 21.7. The van der Waals surface area contributed by atoms with E-state index in [0.717, 1.165) is 45.0 Å². The van der Waals surface area contributed by atoms with Gasteiger partial charge in [0.1, 0.15) is 0 Å². The highest BCUT2D eigenvalue weighted by Crippen LogP contribution is 2.41. The van der Waals surface area contributed by atoms with E-state index < -0.39 is 0 Å². The van der Waals surface area contributed by atoms with Gasteiger partial charge in [0.25, 0.3) is 0 Å². The molecule has 3 nitrogen and oxygen atoms in total. The lowest BCUT2D eigenvalue weighted by atomic mass is 9.90. The van der Waals surface area contributed by atoms with Crippen molar-refractivity contribution in [3.63, 3.8) is 0 Å². The molecule has 1 aliphatic rings. The van der Waals surface area contributed by atoms with Crippen LogP contribution in [0.2, 0.25) is 0 Å². The van der Waals surface area contributed by atoms with Gasteiger partial charge >= 0.3 is 0 Å². The zero-order valence-electron chi connectivity index (χ0n) is 21.7. The van der Waals surface area contributed by atoms with Crippen LogP contribution in [0.3, 0.4) is 0 Å². The van der Waals surface area contributed by atoms with Crippen molar-refractivity contribution in [2.75, 3.05) is 0 Å². The van der Waals surface area contributed by atoms with Crippen LogP contribution in [0.5, 0.6) is 0 Å². The van der Waals surface area contributed by atoms with Gasteiger partial charge in [0.05, 0.1) is 22.1 Å². The number of pyridine rings is 2. The molecule has 40 heavy (non-hydrogen) atoms. The van der Waals surface area contributed by atoms with Crippen LogP contribution in [0.25, 0.3) is 77.3 Å². The van der Waals surface area contributed by atoms with Crippen LogP contribution >= 0.6 is 0 Å². The third-order valence-corrected chi connectivity index (χ3v) is 8.44. The van der Waals surface area contributed by atoms with E-state index in [4.69, 9.17) is 4.98 Å². The summed E-state index contributed by atoms with van der Waals surface area (Å²) < 4.78 is 2.42. The van der Waals surface area contributed by atoms with Crippen LogP contribution in [0.4, 0.5) is 0 Å². The highest BCUT2D eigenvalue weighted by Gasteiger charge is 2.19. The first kappa shape index (κ1) is 21.6. The molecular formula is C37H23N3. The molecule has 0 saturated carbocycles. The van der Waals surface area contributed by atoms with E-state index >= 15 is 0 Å². The summed E-state index contributed by atoms with van der Waals surface area (Å²) >= 11 is 0. The number of rotatable bonds is 2. The van der Waals surface area contributed by atoms with Crippen LogP contribution in [0.1, 0.15) is 11.1 Å². The third-order valence-electron chi connectivity index (χ3n) is 8.44. The normalized spacial score (nSPS) is 12.8. The average Bonchev–Trinajstić information content (AvgIpc) is 3.35. The lowest BCUT2D eigenvalue weighted by Crippen LogP contribution is -1.97. The van der Waals surface area contributed by atoms with Gasteiger partial charge in [-0.2, -0.15) is 0 Å². The average molecular weight is 510 g/mol. The molecule has 0 spiro atoms. The summed E-state index contributed by atoms with van der Waals surface area (Å²) in [6, 6.07) is 37.2. The summed E-state index contributed by atoms with van der Waals surface area (Å²) in [5.74, 6) is 0. The van der Waals surface area contributed by atoms with Crippen molar-refractivity contribution >= 4 is 60.5 Å². The number of fused-ring (bicyclic) bond motifs is 7. The quantitative estimate of drug-likeness (QED) is 0.217. The van der Waals surface area contributed by atoms with Gasteiger partial charge in [-0.3, -0.25) is 9.97 Å². The van der Waals surface area contributed by atoms with E-state index in [2.05, 4.69) is 119 Å². The molecule has 0 bridgehead atoms. The maximum absolute atomic E-state index is 4.83. The van der Waals surface area contributed by atoms with Crippen LogP contribution < -0.4 is 0 Å². The first-order valence-corrected chi connectivity index (χ1v) is 13.7. The molecule has 0 radical (unpaired) electrons. The smallest absolute Gasteiger partial charge is 0.0964 e. The molecule has 9 rings (SSSR count). The fraction of sp³-hybridized carbons (Fsp3) is 0.0270. The van der Waals surface area contributed by atoms with Gasteiger partial charge in [-0.05, 0) is 70.3 Å². The second-order valence-corrected chi connectivity index (χ2v) is 10.6. The Bertz CT molecular complexity index is 2340. The summed E-state index contributed by atoms with van der Waals surface area (Å²) in [5.41, 5.74) is 10.5. The van der Waals surface area contributed by atoms with E-state index in [1.165, 1.54) is 43.7 Å². The van der Waals surface area contributed by atoms with Gasteiger partial charge in [0.15, 0.2) is 0 Å². The molecule has 0 aliphatic heterocycles. The SMILES string of the molecule is C1=Cc2cccc3cc4c(c(c23)C1)c1ccccc1n4-c1ccc(-c2cnc3c(ccc4cccnc43)c2)cc1. The first-order valence-electron chi connectivity index (χ1n) is 13.7. The predicted octanol–water partition coefficient (Wildman–Crippen LogP) is 9.27. The Balaban J connectivity index is 1.22. The lowest BCUT2D eigenvalue weighted by Gasteiger charge is -2.15. The van der Waals surface area contributed by atoms with Crippen molar-refractivity contribution in [1.29, 1.82) is 0 Å². The summed E-state index contributed by atoms with van der Waals surface area (Å²) in [5, 5.41) is 7.58. The summed E-state index contributed by atoms with van der Waals surface area (Å²) in [7, 11) is 0. The van der Waals surface area contributed by atoms with Crippen LogP contribution in [-0.2, 0) is 6.42 Å². The van der Waals surface area contributed by atoms with Crippen molar-refractivity contribution in [3.05, 3.63) is 133 Å². The number of para-hydroxylation sites is 1. The summed E-state index contributed by atoms with van der Waals surface area (Å²) in [4.78, 5) is 9.40. The Morgan fingerprint density at radius 2 is 1.45 bits per heavy atom. The van der Waals surface area contributed by atoms with Gasteiger partial charge in [0.2, 0.25) is 0 Å². The minimum Gasteiger partial charge on any atom is -0.309 e. The molecule has 3 heterocycles. The second-order valence-electron chi connectivity index (χ2n) is 10.6. The van der Waals surface area contributed by atoms with Gasteiger partial charge < -0.3 is 4.57 Å². The molecule has 1 aliphatic carbocycles. The number of aromatic nitrogens is 3. The number of allylic oxidation sites excluding steroid dienone is 1. The Morgan fingerprint density at radius 1 is 0.600 bits per heavy atom. The molecule has 0 amide bonds. The van der Waals surface area contributed by atoms with Crippen molar-refractivity contribution in [2.45, 2.75) is 6.42 Å². The van der Waals surface area contributed by atoms with E-state index in [-0.39, 0.29) is 0 Å². The van der Waals surface area contributed by atoms with Crippen molar-refractivity contribution < 1.29 is 0 Å². The lowest BCUT2D eigenvalue weighted by molar-refractivity contribution is 1.18. The monoisotopic (exact) mass is 509 g/mol. The maximum atomic E-state index is 4.83. The number of hydrogen-bond donors (Lipinski definition) is 0. The Morgan fingerprint density at radius 3 is 2.40 bits per heavy atom. The molecule has 5 aromatic carbocycles. The topological polar surface area (TPSA) is 30.7 Å². The highest BCUT2D eigenvalue weighted by molar-refractivity contribution is 6.17. The molecule has 3 heteroatoms. The second kappa shape index (κ2) is 8.11. The minimum absolute atomic E-state index is 0.943. The fourth-order valence-electron chi connectivity index (χ4n) is 6.67. The van der Waals surface area contributed by atoms with Crippen molar-refractivity contribution in [2.24, 2.45) is 0 Å². The van der Waals surface area contributed by atoms with E-state index in [9.17, 15) is 0 Å². The number of benzene rings is 5. The molecular weight excluding hydrogens is 486 g/mol. The largest absolute Gasteiger partial charge is 0.309 e. The van der Waals surface area contributed by atoms with Gasteiger partial charge in [-0.25, -0.2) is 0 Å². The van der Waals surface area contributed by atoms with Crippen molar-refractivity contribution in [3.8, 4) is 16.8 Å². The van der Waals surface area contributed by atoms with Crippen LogP contribution in [0.15, 0.2) is 122 Å². The molecule has 0 unspecified atom stereocenters. The van der Waals surface area contributed by atoms with Crippen LogP contribution in [-0.4, -0.2) is 14.5 Å². The summed E-state index contributed by atoms with van der Waals surface area (Å²) in [6.45, 7) is 0. The molecule has 186 valence electrons.